The summed E-state index contributed by atoms with van der Waals surface area (Å²) in [5.74, 6) is 0. The Morgan fingerprint density at radius 3 is 1.58 bits per heavy atom. The first-order chi connectivity index (χ1) is 5.60. The molecule has 2 unspecified atom stereocenters. The van der Waals surface area contributed by atoms with Gasteiger partial charge >= 0.3 is 0 Å². The molecule has 6 nitrogen and oxygen atoms in total. The van der Waals surface area contributed by atoms with Crippen molar-refractivity contribution in [2.24, 2.45) is 0 Å². The minimum atomic E-state index is -1.10. The summed E-state index contributed by atoms with van der Waals surface area (Å²) in [5.41, 5.74) is 0. The van der Waals surface area contributed by atoms with Crippen LogP contribution in [0.1, 0.15) is 0 Å². The zero-order valence-electron chi connectivity index (χ0n) is 6.63. The molecule has 2 atom stereocenters. The lowest BCUT2D eigenvalue weighted by Crippen LogP contribution is -2.36. The number of nitrogens with zero attached hydrogens (tertiary/aromatic N) is 1. The summed E-state index contributed by atoms with van der Waals surface area (Å²) in [4.78, 5) is 0. The Morgan fingerprint density at radius 1 is 1.00 bits per heavy atom. The summed E-state index contributed by atoms with van der Waals surface area (Å²) in [6.07, 6.45) is -2.21. The molecule has 0 aliphatic carbocycles. The van der Waals surface area contributed by atoms with Crippen LogP contribution in [0.2, 0.25) is 0 Å². The lowest BCUT2D eigenvalue weighted by Gasteiger charge is -2.31. The van der Waals surface area contributed by atoms with Crippen molar-refractivity contribution < 1.29 is 20.4 Å². The Bertz CT molecular complexity index is 100. The fourth-order valence-electron chi connectivity index (χ4n) is 0.660. The summed E-state index contributed by atoms with van der Waals surface area (Å²) in [5, 5.41) is 45.4. The first kappa shape index (κ1) is 11.8. The summed E-state index contributed by atoms with van der Waals surface area (Å²) >= 11 is 0. The first-order valence-corrected chi connectivity index (χ1v) is 3.60. The first-order valence-electron chi connectivity index (χ1n) is 3.60. The molecule has 0 amide bonds. The van der Waals surface area contributed by atoms with Crippen LogP contribution in [0.5, 0.6) is 0 Å². The Labute approximate surface area is 70.2 Å². The molecule has 74 valence electrons. The number of hydroxylamine groups is 2. The van der Waals surface area contributed by atoms with E-state index in [-0.39, 0.29) is 13.1 Å². The standard InChI is InChI=1S/C6H14NO5/c8-3-5(10)1-7(12)2-6(11)4-9/h5-6,8-11H,1-4H2/q-1. The zero-order valence-corrected chi connectivity index (χ0v) is 6.63. The second-order valence-corrected chi connectivity index (χ2v) is 2.52. The van der Waals surface area contributed by atoms with Crippen molar-refractivity contribution in [3.63, 3.8) is 0 Å². The average Bonchev–Trinajstić information content (AvgIpc) is 2.03. The van der Waals surface area contributed by atoms with E-state index in [4.69, 9.17) is 20.4 Å². The Kier molecular flexibility index (Phi) is 6.17. The lowest BCUT2D eigenvalue weighted by molar-refractivity contribution is 0.0395. The van der Waals surface area contributed by atoms with Gasteiger partial charge in [0.15, 0.2) is 0 Å². The minimum absolute atomic E-state index is 0.270. The van der Waals surface area contributed by atoms with Crippen LogP contribution in [-0.4, -0.2) is 64.0 Å². The van der Waals surface area contributed by atoms with Gasteiger partial charge in [0.05, 0.1) is 25.4 Å². The maximum absolute atomic E-state index is 10.8. The van der Waals surface area contributed by atoms with Crippen LogP contribution in [0, 0.1) is 5.21 Å². The van der Waals surface area contributed by atoms with Crippen LogP contribution >= 0.6 is 0 Å². The maximum atomic E-state index is 10.8. The van der Waals surface area contributed by atoms with Gasteiger partial charge in [0.25, 0.3) is 0 Å². The predicted octanol–water partition coefficient (Wildman–Crippen LogP) is -2.51. The molecule has 0 radical (unpaired) electrons. The molecule has 0 spiro atoms. The summed E-state index contributed by atoms with van der Waals surface area (Å²) < 4.78 is 0. The molecule has 6 heteroatoms. The van der Waals surface area contributed by atoms with Crippen molar-refractivity contribution >= 4 is 0 Å². The summed E-state index contributed by atoms with van der Waals surface area (Å²) in [6.45, 7) is -1.52. The van der Waals surface area contributed by atoms with Gasteiger partial charge in [-0.2, -0.15) is 0 Å². The Morgan fingerprint density at radius 2 is 1.33 bits per heavy atom. The zero-order chi connectivity index (χ0) is 9.56. The van der Waals surface area contributed by atoms with Gasteiger partial charge in [-0.1, -0.05) is 0 Å². The van der Waals surface area contributed by atoms with Crippen LogP contribution in [0.3, 0.4) is 0 Å². The third kappa shape index (κ3) is 5.42. The Hall–Kier alpha value is -0.240. The van der Waals surface area contributed by atoms with Crippen LogP contribution in [0.25, 0.3) is 0 Å². The number of aliphatic hydroxyl groups is 4. The van der Waals surface area contributed by atoms with Crippen LogP contribution < -0.4 is 0 Å². The molecule has 0 heterocycles. The maximum Gasteiger partial charge on any atom is 0.0888 e. The minimum Gasteiger partial charge on any atom is -0.785 e. The fraction of sp³-hybridized carbons (Fsp3) is 1.00. The van der Waals surface area contributed by atoms with Crippen molar-refractivity contribution in [2.75, 3.05) is 26.3 Å². The molecular formula is C6H14NO5-. The molecule has 0 aliphatic rings. The van der Waals surface area contributed by atoms with Gasteiger partial charge in [-0.05, 0) is 0 Å². The predicted molar refractivity (Wildman–Crippen MR) is 41.1 cm³/mol. The highest BCUT2D eigenvalue weighted by Crippen LogP contribution is 1.92. The molecule has 0 aromatic rings. The molecule has 4 N–H and O–H groups in total. The summed E-state index contributed by atoms with van der Waals surface area (Å²) in [6, 6.07) is 0. The van der Waals surface area contributed by atoms with Crippen molar-refractivity contribution in [3.05, 3.63) is 5.21 Å². The SMILES string of the molecule is [O-]N(CC(O)CO)CC(O)CO. The monoisotopic (exact) mass is 180 g/mol. The lowest BCUT2D eigenvalue weighted by atomic mass is 10.3. The molecule has 0 fully saturated rings. The van der Waals surface area contributed by atoms with E-state index in [1.165, 1.54) is 0 Å². The van der Waals surface area contributed by atoms with E-state index in [0.29, 0.717) is 5.06 Å². The van der Waals surface area contributed by atoms with E-state index in [1.54, 1.807) is 0 Å². The van der Waals surface area contributed by atoms with Crippen molar-refractivity contribution in [1.82, 2.24) is 5.06 Å². The van der Waals surface area contributed by atoms with Crippen LogP contribution in [0.15, 0.2) is 0 Å². The highest BCUT2D eigenvalue weighted by Gasteiger charge is 2.06. The highest BCUT2D eigenvalue weighted by molar-refractivity contribution is 4.67. The average molecular weight is 180 g/mol. The van der Waals surface area contributed by atoms with Crippen molar-refractivity contribution in [2.45, 2.75) is 12.2 Å². The molecular weight excluding hydrogens is 166 g/mol. The molecule has 0 aliphatic heterocycles. The van der Waals surface area contributed by atoms with E-state index < -0.39 is 25.4 Å². The molecule has 12 heavy (non-hydrogen) atoms. The molecule has 0 rings (SSSR count). The normalized spacial score (nSPS) is 16.5. The molecule has 0 bridgehead atoms. The molecule has 0 aromatic carbocycles. The van der Waals surface area contributed by atoms with E-state index in [0.717, 1.165) is 0 Å². The smallest absolute Gasteiger partial charge is 0.0888 e. The van der Waals surface area contributed by atoms with Gasteiger partial charge in [0, 0.05) is 13.1 Å². The van der Waals surface area contributed by atoms with Gasteiger partial charge in [-0.25, -0.2) is 0 Å². The third-order valence-electron chi connectivity index (χ3n) is 1.25. The van der Waals surface area contributed by atoms with Gasteiger partial charge < -0.3 is 30.7 Å². The number of hydrogen-bond acceptors (Lipinski definition) is 6. The van der Waals surface area contributed by atoms with Gasteiger partial charge in [0.1, 0.15) is 0 Å². The fourth-order valence-corrected chi connectivity index (χ4v) is 0.660. The van der Waals surface area contributed by atoms with Crippen LogP contribution in [-0.2, 0) is 0 Å². The van der Waals surface area contributed by atoms with Gasteiger partial charge in [0.2, 0.25) is 0 Å². The third-order valence-corrected chi connectivity index (χ3v) is 1.25. The topological polar surface area (TPSA) is 107 Å². The van der Waals surface area contributed by atoms with Crippen molar-refractivity contribution in [1.29, 1.82) is 0 Å². The largest absolute Gasteiger partial charge is 0.785 e. The number of hydrogen-bond donors (Lipinski definition) is 4. The second-order valence-electron chi connectivity index (χ2n) is 2.52. The van der Waals surface area contributed by atoms with Gasteiger partial charge in [-0.15, -0.1) is 0 Å². The van der Waals surface area contributed by atoms with Crippen LogP contribution in [0.4, 0.5) is 0 Å². The summed E-state index contributed by atoms with van der Waals surface area (Å²) in [7, 11) is 0. The highest BCUT2D eigenvalue weighted by atomic mass is 16.5. The van der Waals surface area contributed by atoms with E-state index in [2.05, 4.69) is 0 Å². The molecule has 0 aromatic heterocycles. The Balaban J connectivity index is 3.51. The molecule has 0 saturated heterocycles. The quantitative estimate of drug-likeness (QED) is 0.336. The van der Waals surface area contributed by atoms with E-state index in [1.807, 2.05) is 0 Å². The van der Waals surface area contributed by atoms with E-state index in [9.17, 15) is 5.21 Å². The second kappa shape index (κ2) is 6.30. The molecule has 0 saturated carbocycles. The van der Waals surface area contributed by atoms with E-state index >= 15 is 0 Å². The number of aliphatic hydroxyl groups excluding tert-OH is 4. The van der Waals surface area contributed by atoms with Gasteiger partial charge in [-0.3, -0.25) is 0 Å². The number of rotatable bonds is 6. The van der Waals surface area contributed by atoms with Crippen molar-refractivity contribution in [3.8, 4) is 0 Å².